The van der Waals surface area contributed by atoms with Crippen LogP contribution < -0.4 is 14.8 Å². The van der Waals surface area contributed by atoms with Crippen molar-refractivity contribution in [1.29, 1.82) is 0 Å². The summed E-state index contributed by atoms with van der Waals surface area (Å²) in [6, 6.07) is 11.0. The number of hydrogen-bond donors (Lipinski definition) is 1. The van der Waals surface area contributed by atoms with Gasteiger partial charge in [-0.1, -0.05) is 12.1 Å². The van der Waals surface area contributed by atoms with Crippen molar-refractivity contribution in [2.75, 3.05) is 19.0 Å². The number of carbonyl (C=O) groups excluding carboxylic acids is 1. The second-order valence-corrected chi connectivity index (χ2v) is 4.56. The molecular weight excluding hydrogens is 311 g/mol. The zero-order chi connectivity index (χ0) is 16.9. The van der Waals surface area contributed by atoms with E-state index >= 15 is 0 Å². The van der Waals surface area contributed by atoms with Crippen LogP contribution in [-0.4, -0.2) is 19.6 Å². The fourth-order valence-corrected chi connectivity index (χ4v) is 1.82. The molecule has 0 aromatic heterocycles. The number of carbonyl (C=O) groups is 1. The van der Waals surface area contributed by atoms with Gasteiger partial charge in [0.05, 0.1) is 12.7 Å². The summed E-state index contributed by atoms with van der Waals surface area (Å²) in [5.41, 5.74) is -0.521. The summed E-state index contributed by atoms with van der Waals surface area (Å²) in [6.07, 6.45) is -4.41. The molecule has 0 aliphatic heterocycles. The van der Waals surface area contributed by atoms with Crippen LogP contribution in [0.5, 0.6) is 11.5 Å². The van der Waals surface area contributed by atoms with Crippen molar-refractivity contribution in [3.63, 3.8) is 0 Å². The lowest BCUT2D eigenvalue weighted by atomic mass is 10.2. The Morgan fingerprint density at radius 3 is 2.22 bits per heavy atom. The standard InChI is InChI=1S/C16H14F3NO3/c1-22-13-4-2-3-5-14(13)23-10-15(21)20-12-8-6-11(7-9-12)16(17,18)19/h2-9H,10H2,1H3,(H,20,21). The lowest BCUT2D eigenvalue weighted by Gasteiger charge is -2.11. The van der Waals surface area contributed by atoms with Gasteiger partial charge in [0.25, 0.3) is 5.91 Å². The average Bonchev–Trinajstić information content (AvgIpc) is 2.53. The summed E-state index contributed by atoms with van der Waals surface area (Å²) < 4.78 is 47.7. The smallest absolute Gasteiger partial charge is 0.416 e. The fraction of sp³-hybridized carbons (Fsp3) is 0.188. The van der Waals surface area contributed by atoms with Crippen molar-refractivity contribution < 1.29 is 27.4 Å². The Hall–Kier alpha value is -2.70. The van der Waals surface area contributed by atoms with Gasteiger partial charge in [-0.05, 0) is 36.4 Å². The Morgan fingerprint density at radius 1 is 1.04 bits per heavy atom. The van der Waals surface area contributed by atoms with Crippen LogP contribution in [0.25, 0.3) is 0 Å². The molecule has 0 saturated heterocycles. The monoisotopic (exact) mass is 325 g/mol. The van der Waals surface area contributed by atoms with Gasteiger partial charge in [-0.25, -0.2) is 0 Å². The molecule has 0 heterocycles. The topological polar surface area (TPSA) is 47.6 Å². The van der Waals surface area contributed by atoms with Gasteiger partial charge in [0.15, 0.2) is 18.1 Å². The third kappa shape index (κ3) is 4.64. The lowest BCUT2D eigenvalue weighted by Crippen LogP contribution is -2.20. The Bertz CT molecular complexity index is 669. The number of para-hydroxylation sites is 2. The van der Waals surface area contributed by atoms with Gasteiger partial charge >= 0.3 is 6.18 Å². The van der Waals surface area contributed by atoms with Gasteiger partial charge in [0, 0.05) is 5.69 Å². The van der Waals surface area contributed by atoms with Gasteiger partial charge < -0.3 is 14.8 Å². The fourth-order valence-electron chi connectivity index (χ4n) is 1.82. The van der Waals surface area contributed by atoms with Crippen molar-refractivity contribution in [2.24, 2.45) is 0 Å². The van der Waals surface area contributed by atoms with E-state index in [1.165, 1.54) is 19.2 Å². The zero-order valence-electron chi connectivity index (χ0n) is 12.2. The summed E-state index contributed by atoms with van der Waals surface area (Å²) in [6.45, 7) is -0.290. The minimum atomic E-state index is -4.41. The third-order valence-electron chi connectivity index (χ3n) is 2.92. The molecule has 0 radical (unpaired) electrons. The van der Waals surface area contributed by atoms with E-state index in [1.807, 2.05) is 0 Å². The number of alkyl halides is 3. The first-order chi connectivity index (χ1) is 10.9. The van der Waals surface area contributed by atoms with Crippen molar-refractivity contribution in [2.45, 2.75) is 6.18 Å². The molecule has 2 aromatic carbocycles. The second-order valence-electron chi connectivity index (χ2n) is 4.56. The molecule has 0 aliphatic rings. The van der Waals surface area contributed by atoms with Gasteiger partial charge in [-0.3, -0.25) is 4.79 Å². The Balaban J connectivity index is 1.92. The second kappa shape index (κ2) is 7.04. The molecule has 0 unspecified atom stereocenters. The van der Waals surface area contributed by atoms with E-state index in [2.05, 4.69) is 5.32 Å². The molecule has 0 spiro atoms. The predicted molar refractivity (Wildman–Crippen MR) is 78.6 cm³/mol. The summed E-state index contributed by atoms with van der Waals surface area (Å²) in [4.78, 5) is 11.8. The maximum atomic E-state index is 12.4. The molecule has 7 heteroatoms. The highest BCUT2D eigenvalue weighted by molar-refractivity contribution is 5.91. The molecule has 23 heavy (non-hydrogen) atoms. The molecule has 4 nitrogen and oxygen atoms in total. The maximum Gasteiger partial charge on any atom is 0.416 e. The van der Waals surface area contributed by atoms with Gasteiger partial charge in [-0.2, -0.15) is 13.2 Å². The average molecular weight is 325 g/mol. The number of benzene rings is 2. The quantitative estimate of drug-likeness (QED) is 0.911. The largest absolute Gasteiger partial charge is 0.493 e. The Kier molecular flexibility index (Phi) is 5.10. The summed E-state index contributed by atoms with van der Waals surface area (Å²) >= 11 is 0. The normalized spacial score (nSPS) is 11.0. The van der Waals surface area contributed by atoms with E-state index in [0.717, 1.165) is 12.1 Å². The van der Waals surface area contributed by atoms with E-state index < -0.39 is 17.6 Å². The van der Waals surface area contributed by atoms with Crippen LogP contribution >= 0.6 is 0 Å². The minimum Gasteiger partial charge on any atom is -0.493 e. The molecule has 122 valence electrons. The van der Waals surface area contributed by atoms with Crippen LogP contribution in [-0.2, 0) is 11.0 Å². The lowest BCUT2D eigenvalue weighted by molar-refractivity contribution is -0.137. The minimum absolute atomic E-state index is 0.256. The highest BCUT2D eigenvalue weighted by Crippen LogP contribution is 2.30. The molecular formula is C16H14F3NO3. The number of ether oxygens (including phenoxy) is 2. The SMILES string of the molecule is COc1ccccc1OCC(=O)Nc1ccc(C(F)(F)F)cc1. The van der Waals surface area contributed by atoms with Gasteiger partial charge in [0.1, 0.15) is 0 Å². The van der Waals surface area contributed by atoms with Crippen molar-refractivity contribution >= 4 is 11.6 Å². The molecule has 2 rings (SSSR count). The van der Waals surface area contributed by atoms with Crippen LogP contribution in [0.3, 0.4) is 0 Å². The Morgan fingerprint density at radius 2 is 1.65 bits per heavy atom. The first kappa shape index (κ1) is 16.7. The summed E-state index contributed by atoms with van der Waals surface area (Å²) in [5, 5.41) is 2.46. The molecule has 1 amide bonds. The third-order valence-corrected chi connectivity index (χ3v) is 2.92. The molecule has 0 saturated carbocycles. The van der Waals surface area contributed by atoms with Crippen molar-refractivity contribution in [1.82, 2.24) is 0 Å². The van der Waals surface area contributed by atoms with Crippen LogP contribution in [0.15, 0.2) is 48.5 Å². The van der Waals surface area contributed by atoms with Crippen LogP contribution in [0.4, 0.5) is 18.9 Å². The van der Waals surface area contributed by atoms with Crippen molar-refractivity contribution in [3.05, 3.63) is 54.1 Å². The molecule has 1 N–H and O–H groups in total. The van der Waals surface area contributed by atoms with E-state index in [1.54, 1.807) is 24.3 Å². The summed E-state index contributed by atoms with van der Waals surface area (Å²) in [5.74, 6) is 0.392. The van der Waals surface area contributed by atoms with Crippen LogP contribution in [0.2, 0.25) is 0 Å². The maximum absolute atomic E-state index is 12.4. The zero-order valence-corrected chi connectivity index (χ0v) is 12.2. The first-order valence-electron chi connectivity index (χ1n) is 6.63. The van der Waals surface area contributed by atoms with E-state index in [9.17, 15) is 18.0 Å². The molecule has 2 aromatic rings. The molecule has 0 bridgehead atoms. The number of halogens is 3. The molecule has 0 atom stereocenters. The van der Waals surface area contributed by atoms with Gasteiger partial charge in [0.2, 0.25) is 0 Å². The van der Waals surface area contributed by atoms with E-state index in [4.69, 9.17) is 9.47 Å². The predicted octanol–water partition coefficient (Wildman–Crippen LogP) is 3.73. The number of anilines is 1. The molecule has 0 aliphatic carbocycles. The number of methoxy groups -OCH3 is 1. The number of hydrogen-bond acceptors (Lipinski definition) is 3. The highest BCUT2D eigenvalue weighted by atomic mass is 19.4. The van der Waals surface area contributed by atoms with E-state index in [0.29, 0.717) is 11.5 Å². The van der Waals surface area contributed by atoms with Gasteiger partial charge in [-0.15, -0.1) is 0 Å². The van der Waals surface area contributed by atoms with Crippen LogP contribution in [0, 0.1) is 0 Å². The first-order valence-corrected chi connectivity index (χ1v) is 6.63. The number of nitrogens with one attached hydrogen (secondary N) is 1. The number of rotatable bonds is 5. The number of amides is 1. The van der Waals surface area contributed by atoms with Crippen LogP contribution in [0.1, 0.15) is 5.56 Å². The van der Waals surface area contributed by atoms with E-state index in [-0.39, 0.29) is 12.3 Å². The highest BCUT2D eigenvalue weighted by Gasteiger charge is 2.29. The summed E-state index contributed by atoms with van der Waals surface area (Å²) in [7, 11) is 1.48. The van der Waals surface area contributed by atoms with Crippen molar-refractivity contribution in [3.8, 4) is 11.5 Å². The Labute approximate surface area is 130 Å². The molecule has 0 fully saturated rings.